The zero-order valence-corrected chi connectivity index (χ0v) is 11.6. The van der Waals surface area contributed by atoms with E-state index in [-0.39, 0.29) is 5.91 Å². The highest BCUT2D eigenvalue weighted by atomic mass is 32.1. The van der Waals surface area contributed by atoms with Gasteiger partial charge in [-0.25, -0.2) is 4.98 Å². The first-order valence-electron chi connectivity index (χ1n) is 5.94. The number of thiazole rings is 1. The zero-order chi connectivity index (χ0) is 13.1. The number of nitrogens with one attached hydrogen (secondary N) is 1. The average Bonchev–Trinajstić information content (AvgIpc) is 2.78. The van der Waals surface area contributed by atoms with Gasteiger partial charge in [0.1, 0.15) is 4.88 Å². The molecule has 0 saturated carbocycles. The van der Waals surface area contributed by atoms with E-state index in [0.717, 1.165) is 28.2 Å². The predicted molar refractivity (Wildman–Crippen MR) is 75.4 cm³/mol. The van der Waals surface area contributed by atoms with E-state index in [0.29, 0.717) is 4.88 Å². The normalized spacial score (nSPS) is 10.4. The van der Waals surface area contributed by atoms with Crippen molar-refractivity contribution in [3.8, 4) is 0 Å². The third kappa shape index (κ3) is 2.59. The van der Waals surface area contributed by atoms with Gasteiger partial charge < -0.3 is 5.32 Å². The van der Waals surface area contributed by atoms with Crippen LogP contribution in [0.5, 0.6) is 0 Å². The molecule has 4 heteroatoms. The number of rotatable bonds is 3. The number of anilines is 1. The maximum Gasteiger partial charge on any atom is 0.267 e. The number of aryl methyl sites for hydroxylation is 3. The topological polar surface area (TPSA) is 42.0 Å². The maximum absolute atomic E-state index is 12.1. The van der Waals surface area contributed by atoms with Crippen LogP contribution in [0.3, 0.4) is 0 Å². The molecule has 0 aliphatic rings. The third-order valence-electron chi connectivity index (χ3n) is 2.82. The highest BCUT2D eigenvalue weighted by Gasteiger charge is 2.12. The molecule has 1 heterocycles. The molecule has 94 valence electrons. The molecule has 2 aromatic rings. The number of carbonyl (C=O) groups is 1. The molecule has 3 nitrogen and oxygen atoms in total. The van der Waals surface area contributed by atoms with Crippen LogP contribution in [-0.4, -0.2) is 10.9 Å². The number of aromatic nitrogens is 1. The highest BCUT2D eigenvalue weighted by Crippen LogP contribution is 2.22. The molecule has 0 spiro atoms. The Morgan fingerprint density at radius 1 is 1.39 bits per heavy atom. The predicted octanol–water partition coefficient (Wildman–Crippen LogP) is 3.57. The van der Waals surface area contributed by atoms with Crippen molar-refractivity contribution >= 4 is 22.9 Å². The summed E-state index contributed by atoms with van der Waals surface area (Å²) < 4.78 is 0. The van der Waals surface area contributed by atoms with E-state index < -0.39 is 0 Å². The van der Waals surface area contributed by atoms with E-state index in [2.05, 4.69) is 17.2 Å². The number of carbonyl (C=O) groups excluding carboxylic acids is 1. The van der Waals surface area contributed by atoms with Crippen molar-refractivity contribution < 1.29 is 4.79 Å². The van der Waals surface area contributed by atoms with Crippen LogP contribution in [0.15, 0.2) is 24.4 Å². The smallest absolute Gasteiger partial charge is 0.267 e. The fourth-order valence-corrected chi connectivity index (χ4v) is 2.52. The van der Waals surface area contributed by atoms with Gasteiger partial charge in [0.05, 0.1) is 11.2 Å². The van der Waals surface area contributed by atoms with E-state index in [4.69, 9.17) is 0 Å². The minimum absolute atomic E-state index is 0.0791. The summed E-state index contributed by atoms with van der Waals surface area (Å²) in [6.07, 6.45) is 2.53. The molecule has 0 bridgehead atoms. The summed E-state index contributed by atoms with van der Waals surface area (Å²) in [5.74, 6) is -0.0791. The molecule has 0 radical (unpaired) electrons. The van der Waals surface area contributed by atoms with Gasteiger partial charge in [0, 0.05) is 5.69 Å². The fraction of sp³-hybridized carbons (Fsp3) is 0.286. The molecule has 0 atom stereocenters. The first kappa shape index (κ1) is 12.8. The lowest BCUT2D eigenvalue weighted by molar-refractivity contribution is 0.103. The first-order valence-corrected chi connectivity index (χ1v) is 6.75. The van der Waals surface area contributed by atoms with Gasteiger partial charge in [0.2, 0.25) is 0 Å². The molecule has 2 rings (SSSR count). The molecular formula is C14H16N2OS. The Morgan fingerprint density at radius 3 is 2.78 bits per heavy atom. The van der Waals surface area contributed by atoms with Gasteiger partial charge in [0.15, 0.2) is 0 Å². The van der Waals surface area contributed by atoms with E-state index in [1.807, 2.05) is 32.0 Å². The first-order chi connectivity index (χ1) is 8.61. The van der Waals surface area contributed by atoms with Crippen LogP contribution < -0.4 is 5.32 Å². The number of hydrogen-bond acceptors (Lipinski definition) is 3. The van der Waals surface area contributed by atoms with E-state index >= 15 is 0 Å². The molecule has 1 N–H and O–H groups in total. The third-order valence-corrected chi connectivity index (χ3v) is 3.74. The number of benzene rings is 1. The Bertz CT molecular complexity index is 575. The minimum Gasteiger partial charge on any atom is -0.321 e. The van der Waals surface area contributed by atoms with Gasteiger partial charge in [-0.1, -0.05) is 25.1 Å². The van der Waals surface area contributed by atoms with E-state index in [1.165, 1.54) is 11.3 Å². The second kappa shape index (κ2) is 5.31. The number of hydrogen-bond donors (Lipinski definition) is 1. The van der Waals surface area contributed by atoms with Crippen LogP contribution in [0.25, 0.3) is 0 Å². The summed E-state index contributed by atoms with van der Waals surface area (Å²) >= 11 is 1.41. The standard InChI is InChI=1S/C14H16N2OS/c1-4-11-7-5-6-9(2)13(11)16-14(17)12-8-15-10(3)18-12/h5-8H,4H2,1-3H3,(H,16,17). The molecule has 18 heavy (non-hydrogen) atoms. The van der Waals surface area contributed by atoms with Crippen molar-refractivity contribution in [1.29, 1.82) is 0 Å². The number of para-hydroxylation sites is 1. The van der Waals surface area contributed by atoms with Crippen molar-refractivity contribution in [3.63, 3.8) is 0 Å². The summed E-state index contributed by atoms with van der Waals surface area (Å²) in [6, 6.07) is 6.06. The molecule has 0 aliphatic heterocycles. The van der Waals surface area contributed by atoms with Gasteiger partial charge in [-0.3, -0.25) is 4.79 Å². The van der Waals surface area contributed by atoms with Crippen molar-refractivity contribution in [2.45, 2.75) is 27.2 Å². The molecule has 1 aromatic carbocycles. The van der Waals surface area contributed by atoms with Gasteiger partial charge in [-0.2, -0.15) is 0 Å². The Balaban J connectivity index is 2.26. The summed E-state index contributed by atoms with van der Waals surface area (Å²) in [5.41, 5.74) is 3.17. The van der Waals surface area contributed by atoms with E-state index in [1.54, 1.807) is 6.20 Å². The Labute approximate surface area is 111 Å². The Kier molecular flexibility index (Phi) is 3.77. The maximum atomic E-state index is 12.1. The van der Waals surface area contributed by atoms with Crippen LogP contribution in [0.4, 0.5) is 5.69 Å². The van der Waals surface area contributed by atoms with Crippen molar-refractivity contribution in [3.05, 3.63) is 45.4 Å². The van der Waals surface area contributed by atoms with Crippen LogP contribution >= 0.6 is 11.3 Å². The lowest BCUT2D eigenvalue weighted by atomic mass is 10.1. The van der Waals surface area contributed by atoms with Crippen LogP contribution in [0.2, 0.25) is 0 Å². The zero-order valence-electron chi connectivity index (χ0n) is 10.8. The van der Waals surface area contributed by atoms with Gasteiger partial charge >= 0.3 is 0 Å². The monoisotopic (exact) mass is 260 g/mol. The summed E-state index contributed by atoms with van der Waals surface area (Å²) in [7, 11) is 0. The minimum atomic E-state index is -0.0791. The van der Waals surface area contributed by atoms with E-state index in [9.17, 15) is 4.79 Å². The molecule has 0 aliphatic carbocycles. The molecule has 0 fully saturated rings. The lowest BCUT2D eigenvalue weighted by Gasteiger charge is -2.11. The molecule has 0 saturated heterocycles. The second-order valence-corrected chi connectivity index (χ2v) is 5.40. The SMILES string of the molecule is CCc1cccc(C)c1NC(=O)c1cnc(C)s1. The summed E-state index contributed by atoms with van der Waals surface area (Å²) in [5, 5.41) is 3.89. The largest absolute Gasteiger partial charge is 0.321 e. The summed E-state index contributed by atoms with van der Waals surface area (Å²) in [6.45, 7) is 5.99. The molecule has 1 amide bonds. The van der Waals surface area contributed by atoms with Crippen molar-refractivity contribution in [2.24, 2.45) is 0 Å². The fourth-order valence-electron chi connectivity index (χ4n) is 1.84. The number of nitrogens with zero attached hydrogens (tertiary/aromatic N) is 1. The average molecular weight is 260 g/mol. The highest BCUT2D eigenvalue weighted by molar-refractivity contribution is 7.13. The number of amides is 1. The molecule has 1 aromatic heterocycles. The van der Waals surface area contributed by atoms with Crippen LogP contribution in [-0.2, 0) is 6.42 Å². The van der Waals surface area contributed by atoms with Crippen molar-refractivity contribution in [1.82, 2.24) is 4.98 Å². The second-order valence-electron chi connectivity index (χ2n) is 4.16. The Hall–Kier alpha value is -1.68. The van der Waals surface area contributed by atoms with Gasteiger partial charge in [-0.05, 0) is 31.4 Å². The molecular weight excluding hydrogens is 244 g/mol. The summed E-state index contributed by atoms with van der Waals surface area (Å²) in [4.78, 5) is 16.9. The molecule has 0 unspecified atom stereocenters. The van der Waals surface area contributed by atoms with Crippen LogP contribution in [0, 0.1) is 13.8 Å². The van der Waals surface area contributed by atoms with Crippen LogP contribution in [0.1, 0.15) is 32.7 Å². The lowest BCUT2D eigenvalue weighted by Crippen LogP contribution is -2.12. The van der Waals surface area contributed by atoms with Gasteiger partial charge in [-0.15, -0.1) is 11.3 Å². The quantitative estimate of drug-likeness (QED) is 0.916. The van der Waals surface area contributed by atoms with Crippen molar-refractivity contribution in [2.75, 3.05) is 5.32 Å². The van der Waals surface area contributed by atoms with Gasteiger partial charge in [0.25, 0.3) is 5.91 Å². The Morgan fingerprint density at radius 2 is 2.17 bits per heavy atom.